The quantitative estimate of drug-likeness (QED) is 0.308. The maximum absolute atomic E-state index is 12.1. The smallest absolute Gasteiger partial charge is 0.444 e. The second kappa shape index (κ2) is 16.9. The van der Waals surface area contributed by atoms with E-state index in [0.29, 0.717) is 37.1 Å². The number of ether oxygens (including phenoxy) is 2. The Kier molecular flexibility index (Phi) is 13.9. The lowest BCUT2D eigenvalue weighted by Gasteiger charge is -2.32. The number of halogens is 1. The number of aryl methyl sites for hydroxylation is 3. The molecule has 0 radical (unpaired) electrons. The second-order valence-electron chi connectivity index (χ2n) is 16.2. The zero-order valence-corrected chi connectivity index (χ0v) is 34.0. The fourth-order valence-electron chi connectivity index (χ4n) is 5.19. The van der Waals surface area contributed by atoms with E-state index in [1.54, 1.807) is 15.9 Å². The summed E-state index contributed by atoms with van der Waals surface area (Å²) >= 11 is 5.55. The topological polar surface area (TPSA) is 155 Å². The highest BCUT2D eigenvalue weighted by Gasteiger charge is 2.52. The summed E-state index contributed by atoms with van der Waals surface area (Å²) in [6, 6.07) is 3.71. The van der Waals surface area contributed by atoms with Crippen molar-refractivity contribution >= 4 is 42.3 Å². The Hall–Kier alpha value is -3.75. The summed E-state index contributed by atoms with van der Waals surface area (Å²) in [7, 11) is -0.314. The van der Waals surface area contributed by atoms with Crippen molar-refractivity contribution in [1.82, 2.24) is 30.2 Å². The number of nitrogens with zero attached hydrogens (tertiary/aromatic N) is 6. The third-order valence-electron chi connectivity index (χ3n) is 8.67. The average molecular weight is 742 g/mol. The highest BCUT2D eigenvalue weighted by molar-refractivity contribution is 6.54. The van der Waals surface area contributed by atoms with Gasteiger partial charge in [-0.25, -0.2) is 9.59 Å². The number of hydrogen-bond acceptors (Lipinski definition) is 11. The van der Waals surface area contributed by atoms with Gasteiger partial charge in [0.2, 0.25) is 0 Å². The first-order valence-corrected chi connectivity index (χ1v) is 18.0. The molecule has 0 bridgehead atoms. The van der Waals surface area contributed by atoms with Gasteiger partial charge in [-0.2, -0.15) is 10.2 Å². The lowest BCUT2D eigenvalue weighted by molar-refractivity contribution is 0.00578. The van der Waals surface area contributed by atoms with E-state index in [1.807, 2.05) is 108 Å². The molecule has 52 heavy (non-hydrogen) atoms. The standard InChI is InChI=1S/C16H28BNO4.C16H23N3O2.C5H6ClN3/c1-14(2,3)20-13(19)18-10-8-12(9-11-18)17-21-15(4,5)16(6,7)22-17;1-11-10-12(2)17-18-14(11)13-6-8-19(9-7-13)15(20)21-16(3,4)5;1-3-2-4(7)8-9-5(3)6/h8H,9-11H2,1-7H3;6,10H,7-9H2,1-5H3;2H,1H3,(H2,7,8). The number of rotatable bonds is 2. The summed E-state index contributed by atoms with van der Waals surface area (Å²) in [6.45, 7) is 27.6. The molecule has 3 aliphatic heterocycles. The van der Waals surface area contributed by atoms with Gasteiger partial charge in [-0.3, -0.25) is 0 Å². The molecule has 1 saturated heterocycles. The predicted molar refractivity (Wildman–Crippen MR) is 205 cm³/mol. The van der Waals surface area contributed by atoms with E-state index in [2.05, 4.69) is 20.4 Å². The predicted octanol–water partition coefficient (Wildman–Crippen LogP) is 7.32. The third kappa shape index (κ3) is 12.4. The van der Waals surface area contributed by atoms with Gasteiger partial charge in [-0.1, -0.05) is 23.8 Å². The largest absolute Gasteiger partial charge is 0.490 e. The minimum atomic E-state index is -0.465. The van der Waals surface area contributed by atoms with Gasteiger partial charge in [-0.15, -0.1) is 10.2 Å². The molecular weight excluding hydrogens is 685 g/mol. The van der Waals surface area contributed by atoms with Crippen LogP contribution in [0.1, 0.15) is 105 Å². The van der Waals surface area contributed by atoms with E-state index in [-0.39, 0.29) is 30.5 Å². The maximum atomic E-state index is 12.1. The summed E-state index contributed by atoms with van der Waals surface area (Å²) < 4.78 is 22.9. The Morgan fingerprint density at radius 2 is 1.31 bits per heavy atom. The number of hydrogen-bond donors (Lipinski definition) is 1. The van der Waals surface area contributed by atoms with Crippen molar-refractivity contribution in [3.63, 3.8) is 0 Å². The highest BCUT2D eigenvalue weighted by atomic mass is 35.5. The van der Waals surface area contributed by atoms with Crippen molar-refractivity contribution in [1.29, 1.82) is 0 Å². The van der Waals surface area contributed by atoms with Gasteiger partial charge in [0, 0.05) is 26.2 Å². The van der Waals surface area contributed by atoms with Crippen LogP contribution >= 0.6 is 11.6 Å². The van der Waals surface area contributed by atoms with E-state index in [4.69, 9.17) is 36.1 Å². The van der Waals surface area contributed by atoms with Crippen LogP contribution in [-0.2, 0) is 18.8 Å². The lowest BCUT2D eigenvalue weighted by Crippen LogP contribution is -2.41. The van der Waals surface area contributed by atoms with Gasteiger partial charge >= 0.3 is 19.3 Å². The Bertz CT molecular complexity index is 1640. The molecule has 5 rings (SSSR count). The van der Waals surface area contributed by atoms with Crippen LogP contribution in [0.4, 0.5) is 15.4 Å². The molecule has 1 fully saturated rings. The maximum Gasteiger partial charge on any atom is 0.490 e. The monoisotopic (exact) mass is 741 g/mol. The number of amides is 2. The number of nitrogens with two attached hydrogens (primary N) is 1. The minimum absolute atomic E-state index is 0.260. The Morgan fingerprint density at radius 1 is 0.788 bits per heavy atom. The number of anilines is 1. The van der Waals surface area contributed by atoms with Crippen molar-refractivity contribution in [2.45, 2.75) is 125 Å². The van der Waals surface area contributed by atoms with E-state index >= 15 is 0 Å². The zero-order chi connectivity index (χ0) is 39.2. The van der Waals surface area contributed by atoms with Gasteiger partial charge in [-0.05, 0) is 137 Å². The minimum Gasteiger partial charge on any atom is -0.444 e. The van der Waals surface area contributed by atoms with Gasteiger partial charge in [0.15, 0.2) is 5.15 Å². The number of carbonyl (C=O) groups excluding carboxylic acids is 2. The summed E-state index contributed by atoms with van der Waals surface area (Å²) in [5.74, 6) is 0.400. The first kappa shape index (κ1) is 42.7. The normalized spacial score (nSPS) is 18.2. The van der Waals surface area contributed by atoms with E-state index in [9.17, 15) is 9.59 Å². The molecule has 15 heteroatoms. The number of carbonyl (C=O) groups is 2. The molecule has 0 saturated carbocycles. The average Bonchev–Trinajstić information content (AvgIpc) is 3.24. The Morgan fingerprint density at radius 3 is 1.71 bits per heavy atom. The van der Waals surface area contributed by atoms with Gasteiger partial charge in [0.1, 0.15) is 17.0 Å². The van der Waals surface area contributed by atoms with Crippen LogP contribution in [0, 0.1) is 20.8 Å². The van der Waals surface area contributed by atoms with Crippen LogP contribution in [0.25, 0.3) is 5.57 Å². The van der Waals surface area contributed by atoms with Crippen LogP contribution in [-0.4, -0.2) is 98.1 Å². The zero-order valence-electron chi connectivity index (χ0n) is 33.2. The molecule has 3 aliphatic rings. The molecule has 2 N–H and O–H groups in total. The second-order valence-corrected chi connectivity index (χ2v) is 16.6. The van der Waals surface area contributed by atoms with E-state index in [0.717, 1.165) is 46.4 Å². The van der Waals surface area contributed by atoms with Crippen LogP contribution in [0.2, 0.25) is 5.15 Å². The molecule has 2 aromatic heterocycles. The van der Waals surface area contributed by atoms with Crippen molar-refractivity contribution in [3.05, 3.63) is 57.4 Å². The Balaban J connectivity index is 0.000000228. The molecule has 13 nitrogen and oxygen atoms in total. The molecule has 0 unspecified atom stereocenters. The molecule has 286 valence electrons. The summed E-state index contributed by atoms with van der Waals surface area (Å²) in [4.78, 5) is 27.5. The summed E-state index contributed by atoms with van der Waals surface area (Å²) in [5, 5.41) is 15.9. The van der Waals surface area contributed by atoms with Crippen molar-refractivity contribution in [3.8, 4) is 0 Å². The molecule has 0 atom stereocenters. The molecular formula is C37H57BClN7O6. The Labute approximate surface area is 314 Å². The lowest BCUT2D eigenvalue weighted by atomic mass is 9.75. The van der Waals surface area contributed by atoms with Crippen LogP contribution in [0.3, 0.4) is 0 Å². The SMILES string of the molecule is CC(C)(C)OC(=O)N1CC=C(B2OC(C)(C)C(C)(C)O2)CC1.Cc1cc(C)c(C2=CCN(C(=O)OC(C)(C)C)CC2)nn1.Cc1cc(N)nnc1Cl. The number of nitrogen functional groups attached to an aromatic ring is 1. The molecule has 2 amide bonds. The van der Waals surface area contributed by atoms with Crippen LogP contribution in [0.15, 0.2) is 29.8 Å². The third-order valence-corrected chi connectivity index (χ3v) is 9.04. The molecule has 5 heterocycles. The molecule has 0 aromatic carbocycles. The number of aromatic nitrogens is 4. The first-order chi connectivity index (χ1) is 23.9. The summed E-state index contributed by atoms with van der Waals surface area (Å²) in [5.41, 5.74) is 9.80. The highest BCUT2D eigenvalue weighted by Crippen LogP contribution is 2.39. The van der Waals surface area contributed by atoms with Crippen LogP contribution < -0.4 is 5.73 Å². The fraction of sp³-hybridized carbons (Fsp3) is 0.622. The van der Waals surface area contributed by atoms with E-state index in [1.165, 1.54) is 0 Å². The van der Waals surface area contributed by atoms with Gasteiger partial charge in [0.25, 0.3) is 0 Å². The van der Waals surface area contributed by atoms with Crippen molar-refractivity contribution in [2.24, 2.45) is 0 Å². The molecule has 2 aromatic rings. The van der Waals surface area contributed by atoms with Crippen molar-refractivity contribution < 1.29 is 28.4 Å². The van der Waals surface area contributed by atoms with Gasteiger partial charge in [0.05, 0.1) is 22.6 Å². The fourth-order valence-corrected chi connectivity index (χ4v) is 5.28. The molecule has 0 spiro atoms. The first-order valence-electron chi connectivity index (χ1n) is 17.6. The summed E-state index contributed by atoms with van der Waals surface area (Å²) in [6.07, 6.45) is 5.06. The molecule has 0 aliphatic carbocycles. The van der Waals surface area contributed by atoms with E-state index < -0.39 is 11.2 Å². The van der Waals surface area contributed by atoms with Gasteiger partial charge < -0.3 is 34.3 Å². The van der Waals surface area contributed by atoms with Crippen LogP contribution in [0.5, 0.6) is 0 Å². The van der Waals surface area contributed by atoms with Crippen molar-refractivity contribution in [2.75, 3.05) is 31.9 Å².